The minimum absolute atomic E-state index is 0.0707. The molecule has 0 unspecified atom stereocenters. The molecule has 5 heteroatoms. The van der Waals surface area contributed by atoms with Gasteiger partial charge in [-0.15, -0.1) is 0 Å². The quantitative estimate of drug-likeness (QED) is 0.868. The van der Waals surface area contributed by atoms with Crippen molar-refractivity contribution in [1.82, 2.24) is 4.72 Å². The molecule has 0 amide bonds. The summed E-state index contributed by atoms with van der Waals surface area (Å²) in [5, 5.41) is 9.49. The van der Waals surface area contributed by atoms with Gasteiger partial charge in [0.05, 0.1) is 0 Å². The van der Waals surface area contributed by atoms with Crippen LogP contribution in [-0.4, -0.2) is 20.1 Å². The molecule has 0 atom stereocenters. The third-order valence-electron chi connectivity index (χ3n) is 2.32. The van der Waals surface area contributed by atoms with E-state index in [4.69, 9.17) is 0 Å². The largest absolute Gasteiger partial charge is 0.507 e. The molecule has 0 heterocycles. The Kier molecular flexibility index (Phi) is 4.16. The van der Waals surface area contributed by atoms with Crippen molar-refractivity contribution < 1.29 is 13.5 Å². The van der Waals surface area contributed by atoms with E-state index in [-0.39, 0.29) is 16.1 Å². The lowest BCUT2D eigenvalue weighted by Crippen LogP contribution is -2.27. The van der Waals surface area contributed by atoms with Crippen molar-refractivity contribution in [2.45, 2.75) is 32.1 Å². The lowest BCUT2D eigenvalue weighted by Gasteiger charge is -2.18. The number of nitrogens with one attached hydrogen (secondary N) is 1. The number of aromatic hydroxyl groups is 1. The number of sulfonamides is 1. The molecule has 2 N–H and O–H groups in total. The predicted octanol–water partition coefficient (Wildman–Crippen LogP) is 2.11. The molecule has 17 heavy (non-hydrogen) atoms. The molecule has 0 bridgehead atoms. The van der Waals surface area contributed by atoms with Crippen LogP contribution in [0.1, 0.15) is 27.2 Å². The summed E-state index contributed by atoms with van der Waals surface area (Å²) < 4.78 is 26.2. The van der Waals surface area contributed by atoms with Gasteiger partial charge in [-0.25, -0.2) is 13.1 Å². The summed E-state index contributed by atoms with van der Waals surface area (Å²) in [6.45, 7) is 6.49. The number of phenols is 1. The van der Waals surface area contributed by atoms with Crippen LogP contribution in [-0.2, 0) is 10.0 Å². The van der Waals surface area contributed by atoms with Crippen molar-refractivity contribution in [3.8, 4) is 5.75 Å². The zero-order chi connectivity index (χ0) is 13.1. The van der Waals surface area contributed by atoms with Crippen LogP contribution in [0.25, 0.3) is 0 Å². The Labute approximate surface area is 103 Å². The van der Waals surface area contributed by atoms with Crippen molar-refractivity contribution in [1.29, 1.82) is 0 Å². The standard InChI is InChI=1S/C12H19NO3S/c1-12(2,3)8-9-13-17(15,16)11-7-5-4-6-10(11)14/h4-7,13-14H,8-9H2,1-3H3. The topological polar surface area (TPSA) is 66.4 Å². The van der Waals surface area contributed by atoms with E-state index in [1.165, 1.54) is 12.1 Å². The highest BCUT2D eigenvalue weighted by molar-refractivity contribution is 7.89. The molecule has 0 saturated carbocycles. The Balaban J connectivity index is 2.74. The first-order chi connectivity index (χ1) is 7.72. The van der Waals surface area contributed by atoms with Gasteiger partial charge in [0.1, 0.15) is 10.6 Å². The number of para-hydroxylation sites is 1. The van der Waals surface area contributed by atoms with E-state index in [1.54, 1.807) is 12.1 Å². The maximum Gasteiger partial charge on any atom is 0.244 e. The molecule has 96 valence electrons. The minimum Gasteiger partial charge on any atom is -0.507 e. The van der Waals surface area contributed by atoms with Gasteiger partial charge in [-0.05, 0) is 24.0 Å². The molecule has 0 saturated heterocycles. The van der Waals surface area contributed by atoms with E-state index in [1.807, 2.05) is 20.8 Å². The third kappa shape index (κ3) is 4.36. The average molecular weight is 257 g/mol. The fourth-order valence-electron chi connectivity index (χ4n) is 1.32. The van der Waals surface area contributed by atoms with E-state index in [2.05, 4.69) is 4.72 Å². The number of phenolic OH excluding ortho intramolecular Hbond substituents is 1. The van der Waals surface area contributed by atoms with Crippen molar-refractivity contribution >= 4 is 10.0 Å². The second-order valence-corrected chi connectivity index (χ2v) is 6.91. The van der Waals surface area contributed by atoms with Gasteiger partial charge >= 0.3 is 0 Å². The number of benzene rings is 1. The summed E-state index contributed by atoms with van der Waals surface area (Å²) >= 11 is 0. The highest BCUT2D eigenvalue weighted by atomic mass is 32.2. The summed E-state index contributed by atoms with van der Waals surface area (Å²) in [5.74, 6) is -0.226. The van der Waals surface area contributed by atoms with Gasteiger partial charge in [-0.3, -0.25) is 0 Å². The Morgan fingerprint density at radius 3 is 2.35 bits per heavy atom. The molecule has 0 fully saturated rings. The van der Waals surface area contributed by atoms with E-state index in [9.17, 15) is 13.5 Å². The first-order valence-corrected chi connectivity index (χ1v) is 6.98. The van der Waals surface area contributed by atoms with Gasteiger partial charge in [0.2, 0.25) is 10.0 Å². The van der Waals surface area contributed by atoms with Gasteiger partial charge in [-0.1, -0.05) is 32.9 Å². The van der Waals surface area contributed by atoms with Crippen molar-refractivity contribution in [3.63, 3.8) is 0 Å². The maximum atomic E-state index is 11.9. The molecule has 4 nitrogen and oxygen atoms in total. The highest BCUT2D eigenvalue weighted by Gasteiger charge is 2.18. The maximum absolute atomic E-state index is 11.9. The van der Waals surface area contributed by atoms with Crippen LogP contribution in [0.5, 0.6) is 5.75 Å². The Bertz CT molecular complexity index is 475. The zero-order valence-electron chi connectivity index (χ0n) is 10.4. The monoisotopic (exact) mass is 257 g/mol. The lowest BCUT2D eigenvalue weighted by molar-refractivity contribution is 0.378. The second-order valence-electron chi connectivity index (χ2n) is 5.18. The van der Waals surface area contributed by atoms with Crippen molar-refractivity contribution in [3.05, 3.63) is 24.3 Å². The molecular weight excluding hydrogens is 238 g/mol. The summed E-state index contributed by atoms with van der Waals surface area (Å²) in [7, 11) is -3.61. The molecule has 1 aromatic carbocycles. The summed E-state index contributed by atoms with van der Waals surface area (Å²) in [5.41, 5.74) is 0.0707. The third-order valence-corrected chi connectivity index (χ3v) is 3.83. The molecule has 1 aromatic rings. The Morgan fingerprint density at radius 2 is 1.82 bits per heavy atom. The van der Waals surface area contributed by atoms with E-state index >= 15 is 0 Å². The fraction of sp³-hybridized carbons (Fsp3) is 0.500. The van der Waals surface area contributed by atoms with Crippen LogP contribution in [0.4, 0.5) is 0 Å². The molecular formula is C12H19NO3S. The van der Waals surface area contributed by atoms with Crippen LogP contribution in [0.3, 0.4) is 0 Å². The molecule has 1 rings (SSSR count). The first-order valence-electron chi connectivity index (χ1n) is 5.50. The summed E-state index contributed by atoms with van der Waals surface area (Å²) in [4.78, 5) is -0.0751. The molecule has 0 spiro atoms. The van der Waals surface area contributed by atoms with Crippen LogP contribution < -0.4 is 4.72 Å². The number of hydrogen-bond acceptors (Lipinski definition) is 3. The van der Waals surface area contributed by atoms with Crippen LogP contribution in [0.2, 0.25) is 0 Å². The first kappa shape index (κ1) is 14.0. The predicted molar refractivity (Wildman–Crippen MR) is 67.4 cm³/mol. The van der Waals surface area contributed by atoms with Crippen LogP contribution >= 0.6 is 0 Å². The van der Waals surface area contributed by atoms with Crippen molar-refractivity contribution in [2.24, 2.45) is 5.41 Å². The van der Waals surface area contributed by atoms with Gasteiger partial charge < -0.3 is 5.11 Å². The van der Waals surface area contributed by atoms with Crippen LogP contribution in [0.15, 0.2) is 29.2 Å². The molecule has 0 aliphatic carbocycles. The Hall–Kier alpha value is -1.07. The zero-order valence-corrected chi connectivity index (χ0v) is 11.2. The highest BCUT2D eigenvalue weighted by Crippen LogP contribution is 2.22. The second kappa shape index (κ2) is 5.06. The van der Waals surface area contributed by atoms with Gasteiger partial charge in [-0.2, -0.15) is 0 Å². The van der Waals surface area contributed by atoms with Gasteiger partial charge in [0.15, 0.2) is 0 Å². The van der Waals surface area contributed by atoms with E-state index < -0.39 is 10.0 Å². The minimum atomic E-state index is -3.61. The molecule has 0 radical (unpaired) electrons. The van der Waals surface area contributed by atoms with Gasteiger partial charge in [0, 0.05) is 6.54 Å². The molecule has 0 aliphatic heterocycles. The Morgan fingerprint density at radius 1 is 1.24 bits per heavy atom. The lowest BCUT2D eigenvalue weighted by atomic mass is 9.93. The summed E-state index contributed by atoms with van der Waals surface area (Å²) in [6, 6.07) is 5.91. The van der Waals surface area contributed by atoms with E-state index in [0.29, 0.717) is 6.54 Å². The summed E-state index contributed by atoms with van der Waals surface area (Å²) in [6.07, 6.45) is 0.736. The normalized spacial score (nSPS) is 12.6. The van der Waals surface area contributed by atoms with E-state index in [0.717, 1.165) is 6.42 Å². The molecule has 0 aliphatic rings. The van der Waals surface area contributed by atoms with Gasteiger partial charge in [0.25, 0.3) is 0 Å². The fourth-order valence-corrected chi connectivity index (χ4v) is 2.45. The van der Waals surface area contributed by atoms with Crippen molar-refractivity contribution in [2.75, 3.05) is 6.54 Å². The molecule has 0 aromatic heterocycles. The number of rotatable bonds is 4. The average Bonchev–Trinajstić information content (AvgIpc) is 2.15. The number of hydrogen-bond donors (Lipinski definition) is 2. The smallest absolute Gasteiger partial charge is 0.244 e. The SMILES string of the molecule is CC(C)(C)CCNS(=O)(=O)c1ccccc1O. The van der Waals surface area contributed by atoms with Crippen LogP contribution in [0, 0.1) is 5.41 Å².